The van der Waals surface area contributed by atoms with Gasteiger partial charge in [0.15, 0.2) is 11.6 Å². The Labute approximate surface area is 123 Å². The number of aromatic nitrogens is 1. The fourth-order valence-electron chi connectivity index (χ4n) is 2.48. The number of hydrogen-bond acceptors (Lipinski definition) is 5. The predicted octanol–water partition coefficient (Wildman–Crippen LogP) is 1.60. The van der Waals surface area contributed by atoms with Crippen molar-refractivity contribution in [3.63, 3.8) is 0 Å². The Morgan fingerprint density at radius 2 is 1.95 bits per heavy atom. The summed E-state index contributed by atoms with van der Waals surface area (Å²) < 4.78 is 0. The molecule has 1 aliphatic rings. The molecule has 21 heavy (non-hydrogen) atoms. The van der Waals surface area contributed by atoms with Crippen molar-refractivity contribution in [1.82, 2.24) is 10.3 Å². The van der Waals surface area contributed by atoms with E-state index in [1.54, 1.807) is 18.5 Å². The van der Waals surface area contributed by atoms with Crippen LogP contribution in [0.4, 0.5) is 0 Å². The third-order valence-electron chi connectivity index (χ3n) is 3.50. The Morgan fingerprint density at radius 3 is 2.71 bits per heavy atom. The number of nitrogens with one attached hydrogen (secondary N) is 1. The summed E-state index contributed by atoms with van der Waals surface area (Å²) in [5.41, 5.74) is 15.0. The van der Waals surface area contributed by atoms with Crippen molar-refractivity contribution in [2.45, 2.75) is 12.6 Å². The number of rotatable bonds is 2. The predicted molar refractivity (Wildman–Crippen MR) is 84.2 cm³/mol. The van der Waals surface area contributed by atoms with Crippen molar-refractivity contribution in [3.05, 3.63) is 66.0 Å². The van der Waals surface area contributed by atoms with Crippen LogP contribution >= 0.6 is 0 Å². The number of benzene rings is 1. The number of aryl methyl sites for hydroxylation is 1. The average Bonchev–Trinajstić information content (AvgIpc) is 2.47. The first-order valence-corrected chi connectivity index (χ1v) is 6.70. The van der Waals surface area contributed by atoms with E-state index < -0.39 is 5.66 Å². The van der Waals surface area contributed by atoms with Crippen LogP contribution in [-0.4, -0.2) is 10.9 Å². The zero-order valence-corrected chi connectivity index (χ0v) is 11.7. The summed E-state index contributed by atoms with van der Waals surface area (Å²) in [7, 11) is 0. The molecule has 0 saturated heterocycles. The van der Waals surface area contributed by atoms with Gasteiger partial charge in [-0.1, -0.05) is 30.3 Å². The van der Waals surface area contributed by atoms with E-state index in [2.05, 4.69) is 15.3 Å². The van der Waals surface area contributed by atoms with Gasteiger partial charge in [-0.15, -0.1) is 0 Å². The first-order valence-electron chi connectivity index (χ1n) is 6.70. The molecular formula is C16H17N5. The minimum absolute atomic E-state index is 0.299. The van der Waals surface area contributed by atoms with Gasteiger partial charge < -0.3 is 11.1 Å². The van der Waals surface area contributed by atoms with Crippen LogP contribution in [0.25, 0.3) is 11.3 Å². The van der Waals surface area contributed by atoms with Crippen LogP contribution in [0.1, 0.15) is 11.1 Å². The first kappa shape index (κ1) is 13.3. The zero-order chi connectivity index (χ0) is 14.9. The zero-order valence-electron chi connectivity index (χ0n) is 11.7. The van der Waals surface area contributed by atoms with Crippen molar-refractivity contribution in [3.8, 4) is 11.3 Å². The number of pyridine rings is 1. The summed E-state index contributed by atoms with van der Waals surface area (Å²) in [4.78, 5) is 8.83. The lowest BCUT2D eigenvalue weighted by Crippen LogP contribution is -2.42. The summed E-state index contributed by atoms with van der Waals surface area (Å²) in [6.07, 6.45) is 5.28. The third-order valence-corrected chi connectivity index (χ3v) is 3.50. The van der Waals surface area contributed by atoms with Gasteiger partial charge in [0.2, 0.25) is 0 Å². The monoisotopic (exact) mass is 279 g/mol. The normalized spacial score (nSPS) is 20.8. The lowest BCUT2D eigenvalue weighted by Gasteiger charge is -2.27. The fourth-order valence-corrected chi connectivity index (χ4v) is 2.48. The molecule has 5 nitrogen and oxygen atoms in total. The van der Waals surface area contributed by atoms with Crippen LogP contribution in [-0.2, 0) is 5.66 Å². The van der Waals surface area contributed by atoms with Gasteiger partial charge in [0.25, 0.3) is 0 Å². The van der Waals surface area contributed by atoms with E-state index in [0.717, 1.165) is 22.4 Å². The van der Waals surface area contributed by atoms with E-state index in [1.807, 2.05) is 43.3 Å². The van der Waals surface area contributed by atoms with Crippen LogP contribution in [0.15, 0.2) is 59.9 Å². The number of hydrogen-bond donors (Lipinski definition) is 3. The van der Waals surface area contributed by atoms with Gasteiger partial charge in [-0.05, 0) is 24.6 Å². The summed E-state index contributed by atoms with van der Waals surface area (Å²) in [5, 5.41) is 2.83. The van der Waals surface area contributed by atoms with Crippen molar-refractivity contribution < 1.29 is 0 Å². The fraction of sp³-hybridized carbons (Fsp3) is 0.125. The number of guanidine groups is 1. The number of aliphatic imine (C=N–C) groups is 1. The molecule has 0 radical (unpaired) electrons. The molecule has 0 bridgehead atoms. The molecule has 0 fully saturated rings. The summed E-state index contributed by atoms with van der Waals surface area (Å²) in [6.45, 7) is 2.03. The Hall–Kier alpha value is -2.66. The molecular weight excluding hydrogens is 262 g/mol. The van der Waals surface area contributed by atoms with Gasteiger partial charge in [0, 0.05) is 23.5 Å². The van der Waals surface area contributed by atoms with Crippen LogP contribution in [0.5, 0.6) is 0 Å². The molecule has 1 unspecified atom stereocenters. The molecule has 1 aromatic carbocycles. The average molecular weight is 279 g/mol. The molecule has 1 aromatic heterocycles. The highest BCUT2D eigenvalue weighted by Crippen LogP contribution is 2.33. The quantitative estimate of drug-likeness (QED) is 0.779. The minimum atomic E-state index is -0.990. The molecule has 2 heterocycles. The Bertz CT molecular complexity index is 735. The van der Waals surface area contributed by atoms with E-state index in [0.29, 0.717) is 5.96 Å². The number of nitrogens with zero attached hydrogens (tertiary/aromatic N) is 2. The number of nitrogens with two attached hydrogens (primary N) is 2. The molecule has 5 heteroatoms. The van der Waals surface area contributed by atoms with Gasteiger partial charge in [-0.3, -0.25) is 10.7 Å². The maximum atomic E-state index is 6.44. The highest BCUT2D eigenvalue weighted by atomic mass is 15.2. The van der Waals surface area contributed by atoms with Gasteiger partial charge in [0.05, 0.1) is 5.69 Å². The summed E-state index contributed by atoms with van der Waals surface area (Å²) >= 11 is 0. The maximum Gasteiger partial charge on any atom is 0.195 e. The molecule has 3 rings (SSSR count). The van der Waals surface area contributed by atoms with Crippen LogP contribution in [0, 0.1) is 6.92 Å². The third kappa shape index (κ3) is 2.39. The summed E-state index contributed by atoms with van der Waals surface area (Å²) in [6, 6.07) is 11.8. The standard InChI is InChI=1S/C16H17N5/c1-11-5-4-9-19-14(11)12-6-2-3-7-13(12)16(18)8-10-20-15(17)21-16/h2-10H,18H2,1H3,(H3,17,20,21). The van der Waals surface area contributed by atoms with Gasteiger partial charge >= 0.3 is 0 Å². The highest BCUT2D eigenvalue weighted by Gasteiger charge is 2.29. The van der Waals surface area contributed by atoms with E-state index >= 15 is 0 Å². The lowest BCUT2D eigenvalue weighted by atomic mass is 9.91. The highest BCUT2D eigenvalue weighted by molar-refractivity contribution is 5.81. The minimum Gasteiger partial charge on any atom is -0.370 e. The second kappa shape index (κ2) is 5.03. The molecule has 0 amide bonds. The maximum absolute atomic E-state index is 6.44. The molecule has 2 aromatic rings. The Balaban J connectivity index is 2.20. The van der Waals surface area contributed by atoms with E-state index in [4.69, 9.17) is 11.5 Å². The van der Waals surface area contributed by atoms with Crippen molar-refractivity contribution in [1.29, 1.82) is 0 Å². The lowest BCUT2D eigenvalue weighted by molar-refractivity contribution is 0.582. The van der Waals surface area contributed by atoms with Crippen LogP contribution < -0.4 is 16.8 Å². The van der Waals surface area contributed by atoms with Crippen LogP contribution in [0.2, 0.25) is 0 Å². The molecule has 0 saturated carbocycles. The van der Waals surface area contributed by atoms with E-state index in [1.165, 1.54) is 0 Å². The molecule has 0 aliphatic carbocycles. The second-order valence-corrected chi connectivity index (χ2v) is 5.01. The largest absolute Gasteiger partial charge is 0.370 e. The van der Waals surface area contributed by atoms with E-state index in [-0.39, 0.29) is 0 Å². The molecule has 0 spiro atoms. The second-order valence-electron chi connectivity index (χ2n) is 5.01. The molecule has 5 N–H and O–H groups in total. The van der Waals surface area contributed by atoms with Gasteiger partial charge in [-0.25, -0.2) is 4.99 Å². The van der Waals surface area contributed by atoms with E-state index in [9.17, 15) is 0 Å². The Morgan fingerprint density at radius 1 is 1.14 bits per heavy atom. The first-order chi connectivity index (χ1) is 10.1. The van der Waals surface area contributed by atoms with Gasteiger partial charge in [-0.2, -0.15) is 0 Å². The SMILES string of the molecule is Cc1cccnc1-c1ccccc1C1(N)C=CNC(N)=N1. The Kier molecular flexibility index (Phi) is 3.19. The molecule has 1 atom stereocenters. The topological polar surface area (TPSA) is 89.3 Å². The molecule has 1 aliphatic heterocycles. The molecule has 106 valence electrons. The summed E-state index contributed by atoms with van der Waals surface area (Å²) in [5.74, 6) is 0.299. The van der Waals surface area contributed by atoms with Gasteiger partial charge in [0.1, 0.15) is 0 Å². The van der Waals surface area contributed by atoms with Crippen LogP contribution in [0.3, 0.4) is 0 Å². The van der Waals surface area contributed by atoms with Crippen molar-refractivity contribution in [2.75, 3.05) is 0 Å². The smallest absolute Gasteiger partial charge is 0.195 e. The van der Waals surface area contributed by atoms with Crippen molar-refractivity contribution >= 4 is 5.96 Å². The van der Waals surface area contributed by atoms with Crippen molar-refractivity contribution in [2.24, 2.45) is 16.5 Å².